The largest absolute Gasteiger partial charge is 0.306 e. The van der Waals surface area contributed by atoms with Gasteiger partial charge in [-0.1, -0.05) is 63.0 Å². The van der Waals surface area contributed by atoms with Crippen LogP contribution in [0.3, 0.4) is 0 Å². The highest BCUT2D eigenvalue weighted by molar-refractivity contribution is 7.12. The van der Waals surface area contributed by atoms with E-state index >= 15 is 0 Å². The molecule has 1 aromatic heterocycles. The van der Waals surface area contributed by atoms with Crippen molar-refractivity contribution in [3.63, 3.8) is 0 Å². The van der Waals surface area contributed by atoms with E-state index in [0.29, 0.717) is 10.0 Å². The predicted octanol–water partition coefficient (Wildman–Crippen LogP) is 6.05. The van der Waals surface area contributed by atoms with E-state index in [0.717, 1.165) is 12.1 Å². The molecule has 21 heavy (non-hydrogen) atoms. The molecule has 1 heterocycles. The Kier molecular flexibility index (Phi) is 5.37. The van der Waals surface area contributed by atoms with Gasteiger partial charge in [0, 0.05) is 9.75 Å². The molecule has 0 saturated carbocycles. The van der Waals surface area contributed by atoms with E-state index in [-0.39, 0.29) is 11.5 Å². The molecule has 1 unspecified atom stereocenters. The van der Waals surface area contributed by atoms with E-state index < -0.39 is 0 Å². The van der Waals surface area contributed by atoms with Crippen molar-refractivity contribution < 1.29 is 0 Å². The minimum atomic E-state index is 0.0855. The van der Waals surface area contributed by atoms with Crippen LogP contribution in [0.15, 0.2) is 30.3 Å². The Morgan fingerprint density at radius 1 is 1.14 bits per heavy atom. The van der Waals surface area contributed by atoms with Gasteiger partial charge in [0.15, 0.2) is 0 Å². The van der Waals surface area contributed by atoms with E-state index in [1.807, 2.05) is 29.5 Å². The molecule has 1 atom stereocenters. The first-order chi connectivity index (χ1) is 9.84. The molecular formula is C17H21Cl2NS. The standard InChI is InChI=1S/C17H21Cl2NS/c1-5-20-16(11-7-6-8-12(18)15(11)19)13-9-10-14(21-13)17(2,3)4/h6-10,16,20H,5H2,1-4H3. The van der Waals surface area contributed by atoms with Gasteiger partial charge in [-0.2, -0.15) is 0 Å². The van der Waals surface area contributed by atoms with Crippen LogP contribution in [0.5, 0.6) is 0 Å². The van der Waals surface area contributed by atoms with Gasteiger partial charge in [-0.15, -0.1) is 11.3 Å². The van der Waals surface area contributed by atoms with Crippen LogP contribution in [0.2, 0.25) is 10.0 Å². The highest BCUT2D eigenvalue weighted by Crippen LogP contribution is 2.38. The number of halogens is 2. The van der Waals surface area contributed by atoms with E-state index in [1.54, 1.807) is 0 Å². The summed E-state index contributed by atoms with van der Waals surface area (Å²) in [4.78, 5) is 2.64. The molecule has 1 aromatic carbocycles. The number of hydrogen-bond acceptors (Lipinski definition) is 2. The van der Waals surface area contributed by atoms with Gasteiger partial charge in [-0.25, -0.2) is 0 Å². The van der Waals surface area contributed by atoms with E-state index in [4.69, 9.17) is 23.2 Å². The zero-order valence-electron chi connectivity index (χ0n) is 12.8. The molecular weight excluding hydrogens is 321 g/mol. The van der Waals surface area contributed by atoms with Gasteiger partial charge >= 0.3 is 0 Å². The molecule has 2 rings (SSSR count). The Bertz CT molecular complexity index is 613. The third-order valence-electron chi connectivity index (χ3n) is 3.35. The van der Waals surface area contributed by atoms with E-state index in [1.165, 1.54) is 9.75 Å². The third-order valence-corrected chi connectivity index (χ3v) is 5.76. The Balaban J connectivity index is 2.44. The molecule has 0 aliphatic rings. The Hall–Kier alpha value is -0.540. The maximum absolute atomic E-state index is 6.40. The molecule has 0 fully saturated rings. The second kappa shape index (κ2) is 6.70. The van der Waals surface area contributed by atoms with Crippen LogP contribution in [0.1, 0.15) is 49.1 Å². The van der Waals surface area contributed by atoms with Gasteiger partial charge in [-0.05, 0) is 35.7 Å². The van der Waals surface area contributed by atoms with Crippen molar-refractivity contribution in [1.29, 1.82) is 0 Å². The van der Waals surface area contributed by atoms with Gasteiger partial charge in [0.25, 0.3) is 0 Å². The van der Waals surface area contributed by atoms with Crippen LogP contribution in [0, 0.1) is 0 Å². The maximum Gasteiger partial charge on any atom is 0.0686 e. The fraction of sp³-hybridized carbons (Fsp3) is 0.412. The summed E-state index contributed by atoms with van der Waals surface area (Å²) in [6.45, 7) is 9.67. The van der Waals surface area contributed by atoms with Crippen LogP contribution in [-0.4, -0.2) is 6.54 Å². The van der Waals surface area contributed by atoms with Crippen molar-refractivity contribution >= 4 is 34.5 Å². The van der Waals surface area contributed by atoms with E-state index in [2.05, 4.69) is 45.1 Å². The van der Waals surface area contributed by atoms with E-state index in [9.17, 15) is 0 Å². The lowest BCUT2D eigenvalue weighted by molar-refractivity contribution is 0.604. The summed E-state index contributed by atoms with van der Waals surface area (Å²) in [6.07, 6.45) is 0. The zero-order chi connectivity index (χ0) is 15.6. The minimum absolute atomic E-state index is 0.0855. The molecule has 4 heteroatoms. The zero-order valence-corrected chi connectivity index (χ0v) is 15.2. The second-order valence-electron chi connectivity index (χ2n) is 6.09. The van der Waals surface area contributed by atoms with Gasteiger partial charge in [0.05, 0.1) is 16.1 Å². The molecule has 0 aliphatic heterocycles. The number of rotatable bonds is 4. The lowest BCUT2D eigenvalue weighted by Crippen LogP contribution is -2.21. The Labute approximate surface area is 141 Å². The molecule has 114 valence electrons. The summed E-state index contributed by atoms with van der Waals surface area (Å²) < 4.78 is 0. The average molecular weight is 342 g/mol. The summed E-state index contributed by atoms with van der Waals surface area (Å²) in [6, 6.07) is 10.3. The van der Waals surface area contributed by atoms with Gasteiger partial charge in [0.2, 0.25) is 0 Å². The predicted molar refractivity (Wildman–Crippen MR) is 95.0 cm³/mol. The minimum Gasteiger partial charge on any atom is -0.306 e. The molecule has 0 spiro atoms. The normalized spacial score (nSPS) is 13.4. The molecule has 0 saturated heterocycles. The lowest BCUT2D eigenvalue weighted by Gasteiger charge is -2.20. The van der Waals surface area contributed by atoms with Gasteiger partial charge in [-0.3, -0.25) is 0 Å². The molecule has 0 aliphatic carbocycles. The van der Waals surface area contributed by atoms with Crippen molar-refractivity contribution in [3.05, 3.63) is 55.7 Å². The number of hydrogen-bond donors (Lipinski definition) is 1. The third kappa shape index (κ3) is 3.81. The maximum atomic E-state index is 6.40. The molecule has 1 nitrogen and oxygen atoms in total. The average Bonchev–Trinajstić information content (AvgIpc) is 2.89. The van der Waals surface area contributed by atoms with Crippen molar-refractivity contribution in [2.45, 2.75) is 39.2 Å². The molecule has 1 N–H and O–H groups in total. The lowest BCUT2D eigenvalue weighted by atomic mass is 9.95. The summed E-state index contributed by atoms with van der Waals surface area (Å²) >= 11 is 14.4. The SMILES string of the molecule is CCNC(c1ccc(C(C)(C)C)s1)c1cccc(Cl)c1Cl. The van der Waals surface area contributed by atoms with Crippen LogP contribution in [0.4, 0.5) is 0 Å². The van der Waals surface area contributed by atoms with Crippen molar-refractivity contribution in [2.75, 3.05) is 6.54 Å². The quantitative estimate of drug-likeness (QED) is 0.713. The number of benzene rings is 1. The summed E-state index contributed by atoms with van der Waals surface area (Å²) in [5, 5.41) is 4.75. The molecule has 2 aromatic rings. The molecule has 0 radical (unpaired) electrons. The first-order valence-corrected chi connectivity index (χ1v) is 8.69. The fourth-order valence-electron chi connectivity index (χ4n) is 2.22. The topological polar surface area (TPSA) is 12.0 Å². The van der Waals surface area contributed by atoms with Crippen molar-refractivity contribution in [2.24, 2.45) is 0 Å². The fourth-order valence-corrected chi connectivity index (χ4v) is 3.80. The Morgan fingerprint density at radius 3 is 2.43 bits per heavy atom. The first kappa shape index (κ1) is 16.8. The smallest absolute Gasteiger partial charge is 0.0686 e. The van der Waals surface area contributed by atoms with Gasteiger partial charge in [0.1, 0.15) is 0 Å². The molecule has 0 bridgehead atoms. The highest BCUT2D eigenvalue weighted by Gasteiger charge is 2.22. The summed E-state index contributed by atoms with van der Waals surface area (Å²) in [7, 11) is 0. The van der Waals surface area contributed by atoms with Crippen molar-refractivity contribution in [1.82, 2.24) is 5.32 Å². The first-order valence-electron chi connectivity index (χ1n) is 7.12. The van der Waals surface area contributed by atoms with Crippen LogP contribution < -0.4 is 5.32 Å². The second-order valence-corrected chi connectivity index (χ2v) is 7.99. The highest BCUT2D eigenvalue weighted by atomic mass is 35.5. The monoisotopic (exact) mass is 341 g/mol. The van der Waals surface area contributed by atoms with Crippen LogP contribution in [-0.2, 0) is 5.41 Å². The summed E-state index contributed by atoms with van der Waals surface area (Å²) in [5.74, 6) is 0. The van der Waals surface area contributed by atoms with Gasteiger partial charge < -0.3 is 5.32 Å². The van der Waals surface area contributed by atoms with Crippen molar-refractivity contribution in [3.8, 4) is 0 Å². The number of nitrogens with one attached hydrogen (secondary N) is 1. The number of thiophene rings is 1. The Morgan fingerprint density at radius 2 is 1.86 bits per heavy atom. The summed E-state index contributed by atoms with van der Waals surface area (Å²) in [5.41, 5.74) is 1.20. The van der Waals surface area contributed by atoms with Crippen LogP contribution >= 0.6 is 34.5 Å². The molecule has 0 amide bonds. The van der Waals surface area contributed by atoms with Crippen LogP contribution in [0.25, 0.3) is 0 Å².